The van der Waals surface area contributed by atoms with Gasteiger partial charge in [0.15, 0.2) is 0 Å². The van der Waals surface area contributed by atoms with Crippen molar-refractivity contribution in [1.29, 1.82) is 0 Å². The molecule has 29 heavy (non-hydrogen) atoms. The summed E-state index contributed by atoms with van der Waals surface area (Å²) in [6, 6.07) is 13.9. The van der Waals surface area contributed by atoms with Crippen LogP contribution < -0.4 is 0 Å². The monoisotopic (exact) mass is 396 g/mol. The lowest BCUT2D eigenvalue weighted by atomic mass is 9.84. The summed E-state index contributed by atoms with van der Waals surface area (Å²) in [5, 5.41) is 0. The van der Waals surface area contributed by atoms with Crippen LogP contribution in [0.2, 0.25) is 0 Å². The number of furan rings is 1. The summed E-state index contributed by atoms with van der Waals surface area (Å²) < 4.78 is 5.47. The lowest BCUT2D eigenvalue weighted by molar-refractivity contribution is -0.145. The molecule has 156 valence electrons. The molecular formula is C24H32N2O3. The molecule has 1 aromatic carbocycles. The normalized spacial score (nSPS) is 13.9. The summed E-state index contributed by atoms with van der Waals surface area (Å²) in [5.41, 5.74) is 1.19. The zero-order valence-corrected chi connectivity index (χ0v) is 17.5. The van der Waals surface area contributed by atoms with Gasteiger partial charge in [-0.3, -0.25) is 9.59 Å². The Morgan fingerprint density at radius 2 is 1.83 bits per heavy atom. The van der Waals surface area contributed by atoms with Crippen molar-refractivity contribution in [3.05, 3.63) is 60.1 Å². The topological polar surface area (TPSA) is 53.8 Å². The molecule has 2 aromatic rings. The minimum absolute atomic E-state index is 0.0225. The lowest BCUT2D eigenvalue weighted by Gasteiger charge is -2.33. The van der Waals surface area contributed by atoms with Crippen molar-refractivity contribution in [2.24, 2.45) is 11.8 Å². The number of amides is 2. The van der Waals surface area contributed by atoms with Crippen molar-refractivity contribution in [3.8, 4) is 0 Å². The maximum atomic E-state index is 13.2. The Morgan fingerprint density at radius 1 is 1.07 bits per heavy atom. The van der Waals surface area contributed by atoms with E-state index in [1.165, 1.54) is 5.56 Å². The number of nitrogens with zero attached hydrogens (tertiary/aromatic N) is 2. The van der Waals surface area contributed by atoms with Crippen molar-refractivity contribution < 1.29 is 14.0 Å². The van der Waals surface area contributed by atoms with Crippen molar-refractivity contribution >= 4 is 11.8 Å². The molecule has 0 spiro atoms. The summed E-state index contributed by atoms with van der Waals surface area (Å²) in [6.45, 7) is 5.95. The van der Waals surface area contributed by atoms with Gasteiger partial charge in [0.05, 0.1) is 19.4 Å². The highest BCUT2D eigenvalue weighted by Gasteiger charge is 2.31. The maximum Gasteiger partial charge on any atom is 0.242 e. The Morgan fingerprint density at radius 3 is 2.41 bits per heavy atom. The molecule has 1 aliphatic carbocycles. The third kappa shape index (κ3) is 6.21. The van der Waals surface area contributed by atoms with Crippen LogP contribution in [0.5, 0.6) is 0 Å². The van der Waals surface area contributed by atoms with Gasteiger partial charge in [0.25, 0.3) is 0 Å². The fraction of sp³-hybridized carbons (Fsp3) is 0.500. The first-order valence-corrected chi connectivity index (χ1v) is 10.7. The summed E-state index contributed by atoms with van der Waals surface area (Å²) in [7, 11) is 0. The molecule has 3 rings (SSSR count). The van der Waals surface area contributed by atoms with Gasteiger partial charge in [0, 0.05) is 19.0 Å². The van der Waals surface area contributed by atoms with E-state index in [9.17, 15) is 9.59 Å². The average Bonchev–Trinajstić information content (AvgIpc) is 3.16. The van der Waals surface area contributed by atoms with E-state index < -0.39 is 0 Å². The molecule has 5 heteroatoms. The molecule has 1 heterocycles. The molecule has 1 fully saturated rings. The van der Waals surface area contributed by atoms with E-state index in [2.05, 4.69) is 26.0 Å². The van der Waals surface area contributed by atoms with Crippen LogP contribution in [-0.4, -0.2) is 41.2 Å². The fourth-order valence-corrected chi connectivity index (χ4v) is 3.64. The molecule has 5 nitrogen and oxygen atoms in total. The molecule has 0 aliphatic heterocycles. The van der Waals surface area contributed by atoms with Crippen LogP contribution in [0.3, 0.4) is 0 Å². The van der Waals surface area contributed by atoms with Crippen LogP contribution in [0.15, 0.2) is 53.1 Å². The maximum absolute atomic E-state index is 13.2. The van der Waals surface area contributed by atoms with Gasteiger partial charge < -0.3 is 14.2 Å². The summed E-state index contributed by atoms with van der Waals surface area (Å²) >= 11 is 0. The standard InChI is InChI=1S/C24H32N2O3/c1-19(2)16-26(24(28)21-10-6-11-21)18-23(27)25(17-22-12-7-15-29-22)14-13-20-8-4-3-5-9-20/h3-5,7-9,12,15,19,21H,6,10-11,13-14,16-18H2,1-2H3. The molecule has 2 amide bonds. The molecule has 1 aliphatic rings. The Labute approximate surface area is 173 Å². The van der Waals surface area contributed by atoms with Crippen LogP contribution in [0.25, 0.3) is 0 Å². The second kappa shape index (κ2) is 10.3. The quantitative estimate of drug-likeness (QED) is 0.607. The summed E-state index contributed by atoms with van der Waals surface area (Å²) in [5.74, 6) is 1.30. The van der Waals surface area contributed by atoms with Gasteiger partial charge in [-0.2, -0.15) is 0 Å². The molecule has 0 bridgehead atoms. The Bertz CT molecular complexity index is 767. The predicted octanol–water partition coefficient (Wildman–Crippen LogP) is 4.14. The van der Waals surface area contributed by atoms with Crippen molar-refractivity contribution in [2.45, 2.75) is 46.1 Å². The molecule has 1 saturated carbocycles. The van der Waals surface area contributed by atoms with E-state index in [1.807, 2.05) is 35.2 Å². The number of hydrogen-bond donors (Lipinski definition) is 0. The zero-order chi connectivity index (χ0) is 20.6. The molecule has 0 saturated heterocycles. The minimum atomic E-state index is -0.0225. The number of carbonyl (C=O) groups is 2. The fourth-order valence-electron chi connectivity index (χ4n) is 3.64. The first-order chi connectivity index (χ1) is 14.0. The second-order valence-corrected chi connectivity index (χ2v) is 8.37. The molecule has 1 aromatic heterocycles. The molecular weight excluding hydrogens is 364 g/mol. The van der Waals surface area contributed by atoms with Gasteiger partial charge in [0.2, 0.25) is 11.8 Å². The van der Waals surface area contributed by atoms with Crippen LogP contribution in [-0.2, 0) is 22.6 Å². The van der Waals surface area contributed by atoms with Gasteiger partial charge in [-0.05, 0) is 42.9 Å². The number of hydrogen-bond acceptors (Lipinski definition) is 3. The van der Waals surface area contributed by atoms with E-state index in [0.29, 0.717) is 25.6 Å². The van der Waals surface area contributed by atoms with Crippen LogP contribution in [0.4, 0.5) is 0 Å². The number of rotatable bonds is 10. The molecule has 0 atom stereocenters. The summed E-state index contributed by atoms with van der Waals surface area (Å²) in [4.78, 5) is 29.6. The van der Waals surface area contributed by atoms with Gasteiger partial charge >= 0.3 is 0 Å². The first-order valence-electron chi connectivity index (χ1n) is 10.7. The highest BCUT2D eigenvalue weighted by Crippen LogP contribution is 2.28. The number of benzene rings is 1. The smallest absolute Gasteiger partial charge is 0.242 e. The Hall–Kier alpha value is -2.56. The third-order valence-electron chi connectivity index (χ3n) is 5.47. The first kappa shape index (κ1) is 21.2. The highest BCUT2D eigenvalue weighted by atomic mass is 16.3. The number of carbonyl (C=O) groups excluding carboxylic acids is 2. The molecule has 0 N–H and O–H groups in total. The SMILES string of the molecule is CC(C)CN(CC(=O)N(CCc1ccccc1)Cc1ccco1)C(=O)C1CCC1. The predicted molar refractivity (Wildman–Crippen MR) is 113 cm³/mol. The van der Waals surface area contributed by atoms with E-state index in [4.69, 9.17) is 4.42 Å². The van der Waals surface area contributed by atoms with Crippen LogP contribution >= 0.6 is 0 Å². The van der Waals surface area contributed by atoms with Crippen LogP contribution in [0.1, 0.15) is 44.4 Å². The van der Waals surface area contributed by atoms with E-state index in [0.717, 1.165) is 31.4 Å². The van der Waals surface area contributed by atoms with Crippen molar-refractivity contribution in [3.63, 3.8) is 0 Å². The highest BCUT2D eigenvalue weighted by molar-refractivity contribution is 5.86. The van der Waals surface area contributed by atoms with Gasteiger partial charge in [-0.25, -0.2) is 0 Å². The van der Waals surface area contributed by atoms with Gasteiger partial charge in [-0.1, -0.05) is 50.6 Å². The summed E-state index contributed by atoms with van der Waals surface area (Å²) in [6.07, 6.45) is 5.41. The van der Waals surface area contributed by atoms with Crippen molar-refractivity contribution in [2.75, 3.05) is 19.6 Å². The zero-order valence-electron chi connectivity index (χ0n) is 17.5. The largest absolute Gasteiger partial charge is 0.467 e. The van der Waals surface area contributed by atoms with E-state index >= 15 is 0 Å². The minimum Gasteiger partial charge on any atom is -0.467 e. The average molecular weight is 397 g/mol. The molecule has 0 unspecified atom stereocenters. The lowest BCUT2D eigenvalue weighted by Crippen LogP contribution is -2.47. The van der Waals surface area contributed by atoms with Crippen molar-refractivity contribution in [1.82, 2.24) is 9.80 Å². The van der Waals surface area contributed by atoms with Gasteiger partial charge in [0.1, 0.15) is 5.76 Å². The van der Waals surface area contributed by atoms with E-state index in [-0.39, 0.29) is 24.3 Å². The third-order valence-corrected chi connectivity index (χ3v) is 5.47. The van der Waals surface area contributed by atoms with Gasteiger partial charge in [-0.15, -0.1) is 0 Å². The second-order valence-electron chi connectivity index (χ2n) is 8.37. The Balaban J connectivity index is 1.68. The molecule has 0 radical (unpaired) electrons. The van der Waals surface area contributed by atoms with E-state index in [1.54, 1.807) is 11.2 Å². The Kier molecular flexibility index (Phi) is 7.50. The van der Waals surface area contributed by atoms with Crippen LogP contribution in [0, 0.1) is 11.8 Å².